The smallest absolute Gasteiger partial charge is 0.412 e. The zero-order valence-corrected chi connectivity index (χ0v) is 21.9. The normalized spacial score (nSPS) is 12.8. The molecule has 0 saturated heterocycles. The second-order valence-electron chi connectivity index (χ2n) is 9.00. The highest BCUT2D eigenvalue weighted by atomic mass is 19.1. The average Bonchev–Trinajstić information content (AvgIpc) is 3.31. The van der Waals surface area contributed by atoms with E-state index in [2.05, 4.69) is 40.8 Å². The lowest BCUT2D eigenvalue weighted by Gasteiger charge is -2.22. The molecule has 2 aromatic carbocycles. The van der Waals surface area contributed by atoms with Gasteiger partial charge in [0.05, 0.1) is 29.8 Å². The number of nitrogens with zero attached hydrogens (tertiary/aromatic N) is 7. The van der Waals surface area contributed by atoms with Gasteiger partial charge in [-0.25, -0.2) is 29.1 Å². The minimum absolute atomic E-state index is 0.0441. The lowest BCUT2D eigenvalue weighted by Crippen LogP contribution is -2.32. The van der Waals surface area contributed by atoms with Gasteiger partial charge in [-0.1, -0.05) is 0 Å². The van der Waals surface area contributed by atoms with Crippen molar-refractivity contribution in [3.63, 3.8) is 0 Å². The largest absolute Gasteiger partial charge is 0.484 e. The lowest BCUT2D eigenvalue weighted by atomic mass is 10.2. The molecule has 5 rings (SSSR count). The van der Waals surface area contributed by atoms with Crippen molar-refractivity contribution >= 4 is 39.7 Å². The number of hydrogen-bond donors (Lipinski definition) is 2. The standard InChI is InChI=1S/C26H26FN9O3/c1-13-6-21-25(31-12-24(28-5)33-21)22(7-13)36-34-19-8-18(27)23(9-20(19)35-36)38-14(2)15(3)39-26(37)32-17-10-29-16(4)30-11-17/h6-12,14-15H,1-5H3,(H,28,33)(H,32,37)/t14-,15+/m0/s1. The van der Waals surface area contributed by atoms with Gasteiger partial charge >= 0.3 is 6.09 Å². The summed E-state index contributed by atoms with van der Waals surface area (Å²) in [5.41, 5.74) is 3.98. The Morgan fingerprint density at radius 3 is 2.38 bits per heavy atom. The average molecular weight is 532 g/mol. The molecule has 0 aliphatic carbocycles. The van der Waals surface area contributed by atoms with Crippen molar-refractivity contribution in [3.05, 3.63) is 60.1 Å². The van der Waals surface area contributed by atoms with Gasteiger partial charge in [0.15, 0.2) is 11.6 Å². The van der Waals surface area contributed by atoms with Crippen LogP contribution in [0.25, 0.3) is 27.8 Å². The third-order valence-electron chi connectivity index (χ3n) is 5.97. The number of aromatic nitrogens is 7. The summed E-state index contributed by atoms with van der Waals surface area (Å²) in [7, 11) is 1.77. The Labute approximate surface area is 222 Å². The van der Waals surface area contributed by atoms with E-state index in [1.165, 1.54) is 29.3 Å². The van der Waals surface area contributed by atoms with E-state index in [0.29, 0.717) is 45.1 Å². The van der Waals surface area contributed by atoms with Gasteiger partial charge in [0.25, 0.3) is 0 Å². The molecule has 3 heterocycles. The predicted molar refractivity (Wildman–Crippen MR) is 143 cm³/mol. The van der Waals surface area contributed by atoms with E-state index in [9.17, 15) is 9.18 Å². The quantitative estimate of drug-likeness (QED) is 0.311. The van der Waals surface area contributed by atoms with Crippen LogP contribution >= 0.6 is 0 Å². The first-order valence-electron chi connectivity index (χ1n) is 12.1. The fourth-order valence-corrected chi connectivity index (χ4v) is 3.80. The molecule has 39 heavy (non-hydrogen) atoms. The Morgan fingerprint density at radius 2 is 1.67 bits per heavy atom. The van der Waals surface area contributed by atoms with Gasteiger partial charge in [0.2, 0.25) is 0 Å². The number of fused-ring (bicyclic) bond motifs is 2. The number of benzene rings is 2. The maximum atomic E-state index is 15.0. The minimum atomic E-state index is -0.709. The molecule has 0 aliphatic heterocycles. The van der Waals surface area contributed by atoms with Gasteiger partial charge in [0, 0.05) is 19.2 Å². The van der Waals surface area contributed by atoms with Crippen molar-refractivity contribution < 1.29 is 18.7 Å². The summed E-state index contributed by atoms with van der Waals surface area (Å²) < 4.78 is 26.1. The Morgan fingerprint density at radius 1 is 0.949 bits per heavy atom. The van der Waals surface area contributed by atoms with E-state index in [1.807, 2.05) is 19.1 Å². The molecule has 0 radical (unpaired) electrons. The summed E-state index contributed by atoms with van der Waals surface area (Å²) in [4.78, 5) is 30.7. The first kappa shape index (κ1) is 25.7. The molecule has 0 unspecified atom stereocenters. The summed E-state index contributed by atoms with van der Waals surface area (Å²) in [6, 6.07) is 6.52. The molecule has 0 bridgehead atoms. The Kier molecular flexibility index (Phi) is 6.88. The van der Waals surface area contributed by atoms with E-state index in [0.717, 1.165) is 5.56 Å². The van der Waals surface area contributed by atoms with Crippen LogP contribution < -0.4 is 15.4 Å². The SMILES string of the molecule is CNc1cnc2c(-n3nc4cc(F)c(O[C@@H](C)[C@@H](C)OC(=O)Nc5cnc(C)nc5)cc4n3)cc(C)cc2n1. The summed E-state index contributed by atoms with van der Waals surface area (Å²) in [6.07, 6.45) is 2.47. The van der Waals surface area contributed by atoms with Crippen LogP contribution in [0.3, 0.4) is 0 Å². The number of ether oxygens (including phenoxy) is 2. The minimum Gasteiger partial charge on any atom is -0.484 e. The number of aryl methyl sites for hydroxylation is 2. The van der Waals surface area contributed by atoms with Crippen LogP contribution in [0.4, 0.5) is 20.7 Å². The van der Waals surface area contributed by atoms with Crippen LogP contribution in [0, 0.1) is 19.7 Å². The number of nitrogens with one attached hydrogen (secondary N) is 2. The summed E-state index contributed by atoms with van der Waals surface area (Å²) >= 11 is 0. The first-order chi connectivity index (χ1) is 18.7. The van der Waals surface area contributed by atoms with Crippen LogP contribution in [0.1, 0.15) is 25.2 Å². The molecular formula is C26H26FN9O3. The molecule has 2 atom stereocenters. The topological polar surface area (TPSA) is 142 Å². The van der Waals surface area contributed by atoms with Crippen molar-refractivity contribution in [1.82, 2.24) is 34.9 Å². The highest BCUT2D eigenvalue weighted by Gasteiger charge is 2.22. The lowest BCUT2D eigenvalue weighted by molar-refractivity contribution is 0.0402. The second kappa shape index (κ2) is 10.4. The Hall–Kier alpha value is -4.94. The Bertz CT molecular complexity index is 1670. The summed E-state index contributed by atoms with van der Waals surface area (Å²) in [5, 5.41) is 14.5. The molecule has 3 aromatic heterocycles. The molecule has 2 N–H and O–H groups in total. The van der Waals surface area contributed by atoms with Gasteiger partial charge in [-0.2, -0.15) is 0 Å². The molecule has 13 heteroatoms. The van der Waals surface area contributed by atoms with Crippen LogP contribution in [0.15, 0.2) is 42.9 Å². The molecule has 5 aromatic rings. The van der Waals surface area contributed by atoms with Gasteiger partial charge in [-0.15, -0.1) is 15.0 Å². The maximum Gasteiger partial charge on any atom is 0.412 e. The Balaban J connectivity index is 1.34. The van der Waals surface area contributed by atoms with Crippen LogP contribution in [-0.2, 0) is 4.74 Å². The highest BCUT2D eigenvalue weighted by molar-refractivity contribution is 5.86. The van der Waals surface area contributed by atoms with Gasteiger partial charge in [0.1, 0.15) is 46.1 Å². The fraction of sp³-hybridized carbons (Fsp3) is 0.269. The maximum absolute atomic E-state index is 15.0. The third kappa shape index (κ3) is 5.51. The zero-order valence-electron chi connectivity index (χ0n) is 21.9. The molecule has 0 spiro atoms. The van der Waals surface area contributed by atoms with E-state index in [4.69, 9.17) is 9.47 Å². The molecule has 0 fully saturated rings. The first-order valence-corrected chi connectivity index (χ1v) is 12.1. The van der Waals surface area contributed by atoms with Crippen molar-refractivity contribution in [2.45, 2.75) is 39.9 Å². The van der Waals surface area contributed by atoms with E-state index in [1.54, 1.807) is 34.0 Å². The van der Waals surface area contributed by atoms with Crippen LogP contribution in [0.5, 0.6) is 5.75 Å². The van der Waals surface area contributed by atoms with Crippen molar-refractivity contribution in [3.8, 4) is 11.4 Å². The summed E-state index contributed by atoms with van der Waals surface area (Å²) in [5.74, 6) is 0.544. The predicted octanol–water partition coefficient (Wildman–Crippen LogP) is 4.36. The fourth-order valence-electron chi connectivity index (χ4n) is 3.80. The van der Waals surface area contributed by atoms with Gasteiger partial charge in [-0.3, -0.25) is 5.32 Å². The van der Waals surface area contributed by atoms with Crippen LogP contribution in [-0.4, -0.2) is 60.3 Å². The number of carbonyl (C=O) groups is 1. The molecule has 0 aliphatic rings. The molecule has 200 valence electrons. The van der Waals surface area contributed by atoms with E-state index in [-0.39, 0.29) is 5.75 Å². The van der Waals surface area contributed by atoms with Crippen molar-refractivity contribution in [2.75, 3.05) is 17.7 Å². The highest BCUT2D eigenvalue weighted by Crippen LogP contribution is 2.27. The second-order valence-corrected chi connectivity index (χ2v) is 9.00. The number of hydrogen-bond acceptors (Lipinski definition) is 10. The van der Waals surface area contributed by atoms with E-state index >= 15 is 0 Å². The summed E-state index contributed by atoms with van der Waals surface area (Å²) in [6.45, 7) is 6.99. The zero-order chi connectivity index (χ0) is 27.7. The number of amides is 1. The number of rotatable bonds is 7. The molecular weight excluding hydrogens is 505 g/mol. The van der Waals surface area contributed by atoms with Crippen molar-refractivity contribution in [2.24, 2.45) is 0 Å². The number of anilines is 2. The molecule has 12 nitrogen and oxygen atoms in total. The monoisotopic (exact) mass is 531 g/mol. The third-order valence-corrected chi connectivity index (χ3v) is 5.97. The van der Waals surface area contributed by atoms with Gasteiger partial charge < -0.3 is 14.8 Å². The van der Waals surface area contributed by atoms with Crippen molar-refractivity contribution in [1.29, 1.82) is 0 Å². The van der Waals surface area contributed by atoms with Gasteiger partial charge in [-0.05, 0) is 45.4 Å². The number of carbonyl (C=O) groups excluding carboxylic acids is 1. The molecule has 1 amide bonds. The number of halogens is 1. The molecule has 0 saturated carbocycles. The van der Waals surface area contributed by atoms with Crippen LogP contribution in [0.2, 0.25) is 0 Å². The van der Waals surface area contributed by atoms with E-state index < -0.39 is 24.1 Å².